The lowest BCUT2D eigenvalue weighted by atomic mass is 10.2. The van der Waals surface area contributed by atoms with Gasteiger partial charge in [0.1, 0.15) is 5.69 Å². The minimum Gasteiger partial charge on any atom is -0.460 e. The highest BCUT2D eigenvalue weighted by Gasteiger charge is 2.15. The lowest BCUT2D eigenvalue weighted by Crippen LogP contribution is -2.05. The van der Waals surface area contributed by atoms with Crippen molar-refractivity contribution in [2.75, 3.05) is 6.61 Å². The molecule has 0 bridgehead atoms. The van der Waals surface area contributed by atoms with Crippen molar-refractivity contribution in [3.8, 4) is 0 Å². The van der Waals surface area contributed by atoms with E-state index in [-0.39, 0.29) is 24.2 Å². The molecule has 0 saturated carbocycles. The first-order chi connectivity index (χ1) is 6.15. The number of hydrogen-bond donors (Lipinski definition) is 1. The minimum atomic E-state index is -0.512. The van der Waals surface area contributed by atoms with Crippen LogP contribution in [0.2, 0.25) is 0 Å². The first-order valence-electron chi connectivity index (χ1n) is 4.04. The van der Waals surface area contributed by atoms with Gasteiger partial charge in [0.15, 0.2) is 0 Å². The van der Waals surface area contributed by atoms with E-state index < -0.39 is 5.97 Å². The number of aromatic nitrogens is 1. The van der Waals surface area contributed by atoms with Crippen LogP contribution in [0, 0.1) is 0 Å². The largest absolute Gasteiger partial charge is 0.460 e. The number of esters is 1. The van der Waals surface area contributed by atoms with Crippen molar-refractivity contribution in [2.45, 2.75) is 19.9 Å². The van der Waals surface area contributed by atoms with Gasteiger partial charge in [0, 0.05) is 12.1 Å². The SMILES string of the molecule is CCOC(=O)c1cc([C@H](C)N)no1.Cl. The summed E-state index contributed by atoms with van der Waals surface area (Å²) in [5.74, 6) is -0.420. The highest BCUT2D eigenvalue weighted by molar-refractivity contribution is 5.86. The van der Waals surface area contributed by atoms with Gasteiger partial charge in [-0.3, -0.25) is 0 Å². The van der Waals surface area contributed by atoms with Crippen LogP contribution in [0.3, 0.4) is 0 Å². The molecule has 0 unspecified atom stereocenters. The molecule has 0 saturated heterocycles. The van der Waals surface area contributed by atoms with E-state index in [4.69, 9.17) is 15.0 Å². The highest BCUT2D eigenvalue weighted by Crippen LogP contribution is 2.10. The fourth-order valence-corrected chi connectivity index (χ4v) is 0.802. The third-order valence-electron chi connectivity index (χ3n) is 1.47. The average molecular weight is 221 g/mol. The van der Waals surface area contributed by atoms with Gasteiger partial charge >= 0.3 is 5.97 Å². The standard InChI is InChI=1S/C8H12N2O3.ClH/c1-3-12-8(11)7-4-6(5(2)9)10-13-7;/h4-5H,3,9H2,1-2H3;1H/t5-;/m0./s1. The van der Waals surface area contributed by atoms with Crippen molar-refractivity contribution >= 4 is 18.4 Å². The number of ether oxygens (including phenoxy) is 1. The first-order valence-corrected chi connectivity index (χ1v) is 4.04. The normalized spacial score (nSPS) is 11.6. The summed E-state index contributed by atoms with van der Waals surface area (Å²) < 4.78 is 9.44. The average Bonchev–Trinajstić information content (AvgIpc) is 2.52. The molecule has 6 heteroatoms. The monoisotopic (exact) mass is 220 g/mol. The van der Waals surface area contributed by atoms with Crippen LogP contribution in [0.4, 0.5) is 0 Å². The van der Waals surface area contributed by atoms with Gasteiger partial charge in [-0.15, -0.1) is 12.4 Å². The van der Waals surface area contributed by atoms with E-state index in [1.807, 2.05) is 0 Å². The molecule has 0 aliphatic heterocycles. The smallest absolute Gasteiger partial charge is 0.377 e. The van der Waals surface area contributed by atoms with Crippen molar-refractivity contribution in [2.24, 2.45) is 5.73 Å². The number of carbonyl (C=O) groups excluding carboxylic acids is 1. The molecule has 0 aliphatic carbocycles. The molecule has 0 radical (unpaired) electrons. The van der Waals surface area contributed by atoms with Crippen LogP contribution >= 0.6 is 12.4 Å². The molecule has 2 N–H and O–H groups in total. The fraction of sp³-hybridized carbons (Fsp3) is 0.500. The Kier molecular flexibility index (Phi) is 5.19. The summed E-state index contributed by atoms with van der Waals surface area (Å²) in [6.45, 7) is 3.79. The quantitative estimate of drug-likeness (QED) is 0.777. The Labute approximate surface area is 88.0 Å². The maximum Gasteiger partial charge on any atom is 0.377 e. The topological polar surface area (TPSA) is 78.4 Å². The van der Waals surface area contributed by atoms with Gasteiger partial charge in [-0.05, 0) is 13.8 Å². The second kappa shape index (κ2) is 5.62. The molecule has 1 rings (SSSR count). The Morgan fingerprint density at radius 3 is 2.86 bits per heavy atom. The highest BCUT2D eigenvalue weighted by atomic mass is 35.5. The molecule has 14 heavy (non-hydrogen) atoms. The minimum absolute atomic E-state index is 0. The number of nitrogens with zero attached hydrogens (tertiary/aromatic N) is 1. The van der Waals surface area contributed by atoms with Gasteiger partial charge in [-0.25, -0.2) is 4.79 Å². The summed E-state index contributed by atoms with van der Waals surface area (Å²) in [4.78, 5) is 11.1. The molecular formula is C8H13ClN2O3. The summed E-state index contributed by atoms with van der Waals surface area (Å²) >= 11 is 0. The fourth-order valence-electron chi connectivity index (χ4n) is 0.802. The van der Waals surface area contributed by atoms with Crippen molar-refractivity contribution in [1.82, 2.24) is 5.16 Å². The van der Waals surface area contributed by atoms with Crippen LogP contribution in [-0.2, 0) is 4.74 Å². The molecule has 0 fully saturated rings. The lowest BCUT2D eigenvalue weighted by molar-refractivity contribution is 0.0479. The van der Waals surface area contributed by atoms with Gasteiger partial charge in [0.05, 0.1) is 6.61 Å². The van der Waals surface area contributed by atoms with E-state index in [1.165, 1.54) is 6.07 Å². The number of rotatable bonds is 3. The Morgan fingerprint density at radius 2 is 2.43 bits per heavy atom. The Hall–Kier alpha value is -1.07. The number of nitrogens with two attached hydrogens (primary N) is 1. The van der Waals surface area contributed by atoms with Gasteiger partial charge in [0.2, 0.25) is 5.76 Å². The maximum atomic E-state index is 11.1. The third-order valence-corrected chi connectivity index (χ3v) is 1.47. The zero-order chi connectivity index (χ0) is 9.84. The number of carbonyl (C=O) groups is 1. The van der Waals surface area contributed by atoms with Crippen molar-refractivity contribution in [1.29, 1.82) is 0 Å². The Morgan fingerprint density at radius 1 is 1.79 bits per heavy atom. The summed E-state index contributed by atoms with van der Waals surface area (Å²) in [6.07, 6.45) is 0. The molecule has 1 aromatic heterocycles. The van der Waals surface area contributed by atoms with Crippen molar-refractivity contribution in [3.05, 3.63) is 17.5 Å². The van der Waals surface area contributed by atoms with Gasteiger partial charge in [0.25, 0.3) is 0 Å². The van der Waals surface area contributed by atoms with E-state index >= 15 is 0 Å². The zero-order valence-corrected chi connectivity index (χ0v) is 8.84. The predicted molar refractivity (Wildman–Crippen MR) is 52.3 cm³/mol. The lowest BCUT2D eigenvalue weighted by Gasteiger charge is -1.95. The van der Waals surface area contributed by atoms with E-state index in [1.54, 1.807) is 13.8 Å². The van der Waals surface area contributed by atoms with E-state index in [9.17, 15) is 4.79 Å². The van der Waals surface area contributed by atoms with Gasteiger partial charge in [-0.2, -0.15) is 0 Å². The molecular weight excluding hydrogens is 208 g/mol. The van der Waals surface area contributed by atoms with Gasteiger partial charge in [-0.1, -0.05) is 5.16 Å². The molecule has 0 amide bonds. The second-order valence-electron chi connectivity index (χ2n) is 2.63. The Balaban J connectivity index is 0.00000169. The van der Waals surface area contributed by atoms with Crippen molar-refractivity contribution in [3.63, 3.8) is 0 Å². The molecule has 1 heterocycles. The molecule has 1 aromatic rings. The molecule has 0 spiro atoms. The van der Waals surface area contributed by atoms with Crippen molar-refractivity contribution < 1.29 is 14.1 Å². The van der Waals surface area contributed by atoms with E-state index in [0.29, 0.717) is 12.3 Å². The van der Waals surface area contributed by atoms with E-state index in [0.717, 1.165) is 0 Å². The molecule has 0 aromatic carbocycles. The summed E-state index contributed by atoms with van der Waals surface area (Å²) in [5.41, 5.74) is 6.07. The van der Waals surface area contributed by atoms with Crippen LogP contribution in [0.25, 0.3) is 0 Å². The van der Waals surface area contributed by atoms with Crippen LogP contribution < -0.4 is 5.73 Å². The maximum absolute atomic E-state index is 11.1. The van der Waals surface area contributed by atoms with Crippen LogP contribution in [0.1, 0.15) is 36.1 Å². The zero-order valence-electron chi connectivity index (χ0n) is 8.02. The Bertz CT molecular complexity index is 299. The molecule has 0 aliphatic rings. The van der Waals surface area contributed by atoms with Crippen LogP contribution in [-0.4, -0.2) is 17.7 Å². The first kappa shape index (κ1) is 12.9. The molecule has 1 atom stereocenters. The second-order valence-corrected chi connectivity index (χ2v) is 2.63. The van der Waals surface area contributed by atoms with Crippen LogP contribution in [0.15, 0.2) is 10.6 Å². The third kappa shape index (κ3) is 3.01. The summed E-state index contributed by atoms with van der Waals surface area (Å²) in [7, 11) is 0. The predicted octanol–water partition coefficient (Wildman–Crippen LogP) is 1.29. The van der Waals surface area contributed by atoms with Crippen LogP contribution in [0.5, 0.6) is 0 Å². The van der Waals surface area contributed by atoms with E-state index in [2.05, 4.69) is 5.16 Å². The number of halogens is 1. The summed E-state index contributed by atoms with van der Waals surface area (Å²) in [6, 6.07) is 1.25. The number of hydrogen-bond acceptors (Lipinski definition) is 5. The summed E-state index contributed by atoms with van der Waals surface area (Å²) in [5, 5.41) is 3.62. The molecule has 5 nitrogen and oxygen atoms in total. The molecule has 80 valence electrons. The van der Waals surface area contributed by atoms with Gasteiger partial charge < -0.3 is 15.0 Å².